The first-order valence-corrected chi connectivity index (χ1v) is 17.9. The van der Waals surface area contributed by atoms with E-state index >= 15 is 0 Å². The molecule has 0 bridgehead atoms. The number of para-hydroxylation sites is 4. The summed E-state index contributed by atoms with van der Waals surface area (Å²) < 4.78 is 5.13. The molecule has 10 rings (SSSR count). The molecule has 9 aromatic rings. The van der Waals surface area contributed by atoms with Gasteiger partial charge in [0.05, 0.1) is 39.0 Å². The van der Waals surface area contributed by atoms with Crippen LogP contribution in [-0.2, 0) is 0 Å². The number of fused-ring (bicyclic) bond motifs is 7. The molecule has 4 aromatic heterocycles. The standard InChI is InChI=1S/C44H29IN4/c45-36-19-8-4-18-32(36)38-21-12-22-39(46-38)33-27-44(47-37-20-9-5-15-29(33)37)49-41-24-11-7-17-31(41)35-25-42-34(26-43(35)49)30-16-6-10-23-40(30)48(42)28-13-2-1-3-14-28/h1-18,20-27,36H,19H2. The van der Waals surface area contributed by atoms with E-state index in [1.54, 1.807) is 0 Å². The number of allylic oxidation sites excluding steroid dienone is 4. The molecule has 0 radical (unpaired) electrons. The number of aromatic nitrogens is 4. The van der Waals surface area contributed by atoms with Crippen LogP contribution in [0.5, 0.6) is 0 Å². The maximum Gasteiger partial charge on any atom is 0.138 e. The number of halogens is 1. The Morgan fingerprint density at radius 2 is 1.16 bits per heavy atom. The Morgan fingerprint density at radius 1 is 0.531 bits per heavy atom. The van der Waals surface area contributed by atoms with E-state index in [-0.39, 0.29) is 0 Å². The number of hydrogen-bond acceptors (Lipinski definition) is 2. The number of benzene rings is 5. The molecule has 0 aliphatic heterocycles. The Labute approximate surface area is 296 Å². The largest absolute Gasteiger partial charge is 0.309 e. The third kappa shape index (κ3) is 4.49. The number of nitrogens with zero attached hydrogens (tertiary/aromatic N) is 4. The second-order valence-electron chi connectivity index (χ2n) is 12.6. The lowest BCUT2D eigenvalue weighted by Crippen LogP contribution is -2.05. The molecule has 1 atom stereocenters. The summed E-state index contributed by atoms with van der Waals surface area (Å²) >= 11 is 2.53. The van der Waals surface area contributed by atoms with Gasteiger partial charge in [0, 0.05) is 42.1 Å². The molecule has 1 unspecified atom stereocenters. The van der Waals surface area contributed by atoms with Crippen LogP contribution >= 0.6 is 22.6 Å². The summed E-state index contributed by atoms with van der Waals surface area (Å²) in [5.74, 6) is 0.879. The summed E-state index contributed by atoms with van der Waals surface area (Å²) in [6, 6.07) is 49.9. The lowest BCUT2D eigenvalue weighted by molar-refractivity contribution is 1.09. The maximum atomic E-state index is 5.33. The van der Waals surface area contributed by atoms with Gasteiger partial charge < -0.3 is 4.57 Å². The molecule has 4 heterocycles. The SMILES string of the molecule is IC1CC=CC=C1c1cccc(-c2cc(-n3c4ccccc4c4cc5c(cc43)c3ccccc3n5-c3ccccc3)nc3ccccc23)n1. The van der Waals surface area contributed by atoms with E-state index in [2.05, 4.69) is 189 Å². The summed E-state index contributed by atoms with van der Waals surface area (Å²) in [6.45, 7) is 0. The predicted octanol–water partition coefficient (Wildman–Crippen LogP) is 11.6. The van der Waals surface area contributed by atoms with Crippen LogP contribution in [0.15, 0.2) is 158 Å². The van der Waals surface area contributed by atoms with Crippen molar-refractivity contribution in [3.8, 4) is 22.8 Å². The van der Waals surface area contributed by atoms with Gasteiger partial charge in [-0.1, -0.05) is 120 Å². The number of alkyl halides is 1. The van der Waals surface area contributed by atoms with E-state index in [4.69, 9.17) is 9.97 Å². The van der Waals surface area contributed by atoms with Crippen LogP contribution in [0.1, 0.15) is 12.1 Å². The van der Waals surface area contributed by atoms with E-state index in [9.17, 15) is 0 Å². The molecule has 5 aromatic carbocycles. The lowest BCUT2D eigenvalue weighted by atomic mass is 10.00. The number of rotatable bonds is 4. The van der Waals surface area contributed by atoms with Crippen LogP contribution in [0.25, 0.3) is 82.9 Å². The highest BCUT2D eigenvalue weighted by Crippen LogP contribution is 2.40. The van der Waals surface area contributed by atoms with Gasteiger partial charge in [-0.15, -0.1) is 0 Å². The minimum absolute atomic E-state index is 0.400. The Hall–Kier alpha value is -5.53. The third-order valence-corrected chi connectivity index (χ3v) is 11.0. The summed E-state index contributed by atoms with van der Waals surface area (Å²) in [5.41, 5.74) is 11.1. The molecule has 49 heavy (non-hydrogen) atoms. The topological polar surface area (TPSA) is 35.6 Å². The summed E-state index contributed by atoms with van der Waals surface area (Å²) in [6.07, 6.45) is 7.60. The van der Waals surface area contributed by atoms with Crippen molar-refractivity contribution in [1.29, 1.82) is 0 Å². The monoisotopic (exact) mass is 740 g/mol. The first-order chi connectivity index (χ1) is 24.2. The first kappa shape index (κ1) is 28.5. The van der Waals surface area contributed by atoms with Crippen LogP contribution in [0, 0.1) is 0 Å². The average molecular weight is 741 g/mol. The van der Waals surface area contributed by atoms with Crippen molar-refractivity contribution in [1.82, 2.24) is 19.1 Å². The normalized spacial score (nSPS) is 14.8. The van der Waals surface area contributed by atoms with Gasteiger partial charge in [0.25, 0.3) is 0 Å². The molecule has 0 saturated heterocycles. The molecule has 1 aliphatic rings. The van der Waals surface area contributed by atoms with E-state index in [1.165, 1.54) is 38.2 Å². The van der Waals surface area contributed by atoms with Crippen molar-refractivity contribution in [2.45, 2.75) is 10.3 Å². The van der Waals surface area contributed by atoms with E-state index < -0.39 is 0 Å². The summed E-state index contributed by atoms with van der Waals surface area (Å²) in [5, 5.41) is 5.94. The Bertz CT molecular complexity index is 2820. The maximum absolute atomic E-state index is 5.33. The quantitative estimate of drug-likeness (QED) is 0.133. The highest BCUT2D eigenvalue weighted by Gasteiger charge is 2.21. The predicted molar refractivity (Wildman–Crippen MR) is 213 cm³/mol. The van der Waals surface area contributed by atoms with Gasteiger partial charge in [-0.2, -0.15) is 0 Å². The first-order valence-electron chi connectivity index (χ1n) is 16.6. The fourth-order valence-electron chi connectivity index (χ4n) is 7.61. The van der Waals surface area contributed by atoms with Crippen molar-refractivity contribution in [3.63, 3.8) is 0 Å². The molecule has 0 spiro atoms. The van der Waals surface area contributed by atoms with Crippen molar-refractivity contribution >= 4 is 82.7 Å². The van der Waals surface area contributed by atoms with Gasteiger partial charge in [-0.3, -0.25) is 4.57 Å². The van der Waals surface area contributed by atoms with Crippen LogP contribution in [-0.4, -0.2) is 23.0 Å². The van der Waals surface area contributed by atoms with E-state index in [0.29, 0.717) is 3.92 Å². The van der Waals surface area contributed by atoms with Gasteiger partial charge >= 0.3 is 0 Å². The zero-order valence-electron chi connectivity index (χ0n) is 26.5. The molecule has 5 heteroatoms. The molecule has 0 N–H and O–H groups in total. The van der Waals surface area contributed by atoms with Crippen LogP contribution in [0.4, 0.5) is 0 Å². The fourth-order valence-corrected chi connectivity index (χ4v) is 8.43. The summed E-state index contributed by atoms with van der Waals surface area (Å²) in [4.78, 5) is 10.6. The molecular weight excluding hydrogens is 711 g/mol. The van der Waals surface area contributed by atoms with Crippen LogP contribution in [0.2, 0.25) is 0 Å². The van der Waals surface area contributed by atoms with Gasteiger partial charge in [0.2, 0.25) is 0 Å². The van der Waals surface area contributed by atoms with Crippen LogP contribution < -0.4 is 0 Å². The van der Waals surface area contributed by atoms with Crippen molar-refractivity contribution in [3.05, 3.63) is 163 Å². The number of hydrogen-bond donors (Lipinski definition) is 0. The lowest BCUT2D eigenvalue weighted by Gasteiger charge is -2.17. The van der Waals surface area contributed by atoms with Crippen LogP contribution in [0.3, 0.4) is 0 Å². The molecule has 232 valence electrons. The van der Waals surface area contributed by atoms with Gasteiger partial charge in [-0.05, 0) is 72.7 Å². The molecule has 0 fully saturated rings. The van der Waals surface area contributed by atoms with Crippen molar-refractivity contribution < 1.29 is 0 Å². The highest BCUT2D eigenvalue weighted by atomic mass is 127. The van der Waals surface area contributed by atoms with E-state index in [0.717, 1.165) is 56.8 Å². The smallest absolute Gasteiger partial charge is 0.138 e. The Morgan fingerprint density at radius 3 is 1.92 bits per heavy atom. The second-order valence-corrected chi connectivity index (χ2v) is 14.1. The molecule has 0 amide bonds. The van der Waals surface area contributed by atoms with Gasteiger partial charge in [0.1, 0.15) is 5.82 Å². The Balaban J connectivity index is 1.27. The number of pyridine rings is 2. The molecule has 4 nitrogen and oxygen atoms in total. The fraction of sp³-hybridized carbons (Fsp3) is 0.0455. The van der Waals surface area contributed by atoms with Crippen molar-refractivity contribution in [2.24, 2.45) is 0 Å². The minimum Gasteiger partial charge on any atom is -0.309 e. The third-order valence-electron chi connectivity index (χ3n) is 9.83. The van der Waals surface area contributed by atoms with Gasteiger partial charge in [-0.25, -0.2) is 9.97 Å². The Kier molecular flexibility index (Phi) is 6.56. The molecule has 0 saturated carbocycles. The zero-order chi connectivity index (χ0) is 32.5. The second kappa shape index (κ2) is 11.3. The van der Waals surface area contributed by atoms with E-state index in [1.807, 2.05) is 0 Å². The molecular formula is C44H29IN4. The highest BCUT2D eigenvalue weighted by molar-refractivity contribution is 14.1. The van der Waals surface area contributed by atoms with Gasteiger partial charge in [0.15, 0.2) is 0 Å². The average Bonchev–Trinajstić information content (AvgIpc) is 3.66. The summed E-state index contributed by atoms with van der Waals surface area (Å²) in [7, 11) is 0. The van der Waals surface area contributed by atoms with Crippen molar-refractivity contribution in [2.75, 3.05) is 0 Å². The zero-order valence-corrected chi connectivity index (χ0v) is 28.6. The molecule has 1 aliphatic carbocycles. The minimum atomic E-state index is 0.400.